The van der Waals surface area contributed by atoms with E-state index in [0.717, 1.165) is 30.5 Å². The second-order valence-electron chi connectivity index (χ2n) is 8.44. The molecule has 0 unspecified atom stereocenters. The van der Waals surface area contributed by atoms with E-state index < -0.39 is 0 Å². The lowest BCUT2D eigenvalue weighted by molar-refractivity contribution is 0.474. The summed E-state index contributed by atoms with van der Waals surface area (Å²) in [5, 5.41) is 3.55. The SMILES string of the molecule is CC(C)c1nc(NC2CC2)cc(N2Cc3ccccc3C(C)(C)C2)n1. The lowest BCUT2D eigenvalue weighted by Crippen LogP contribution is -2.42. The maximum Gasteiger partial charge on any atom is 0.135 e. The Morgan fingerprint density at radius 1 is 1.16 bits per heavy atom. The second kappa shape index (κ2) is 6.01. The fourth-order valence-electron chi connectivity index (χ4n) is 3.69. The van der Waals surface area contributed by atoms with Gasteiger partial charge in [-0.3, -0.25) is 0 Å². The van der Waals surface area contributed by atoms with Gasteiger partial charge in [0.25, 0.3) is 0 Å². The molecule has 4 nitrogen and oxygen atoms in total. The van der Waals surface area contributed by atoms with Crippen molar-refractivity contribution < 1.29 is 0 Å². The van der Waals surface area contributed by atoms with E-state index in [-0.39, 0.29) is 5.41 Å². The van der Waals surface area contributed by atoms with Crippen LogP contribution in [0.5, 0.6) is 0 Å². The topological polar surface area (TPSA) is 41.1 Å². The molecule has 4 heteroatoms. The molecule has 1 N–H and O–H groups in total. The van der Waals surface area contributed by atoms with E-state index >= 15 is 0 Å². The normalized spacial score (nSPS) is 19.0. The highest BCUT2D eigenvalue weighted by Crippen LogP contribution is 2.36. The number of aromatic nitrogens is 2. The third-order valence-electron chi connectivity index (χ3n) is 5.19. The zero-order valence-electron chi connectivity index (χ0n) is 15.7. The molecule has 1 aromatic carbocycles. The minimum absolute atomic E-state index is 0.113. The molecule has 0 bridgehead atoms. The highest BCUT2D eigenvalue weighted by Gasteiger charge is 2.32. The first-order chi connectivity index (χ1) is 11.9. The molecule has 1 aromatic heterocycles. The summed E-state index contributed by atoms with van der Waals surface area (Å²) in [5.41, 5.74) is 2.97. The Morgan fingerprint density at radius 3 is 2.64 bits per heavy atom. The number of benzene rings is 1. The number of anilines is 2. The van der Waals surface area contributed by atoms with Crippen molar-refractivity contribution in [3.8, 4) is 0 Å². The number of rotatable bonds is 4. The zero-order valence-corrected chi connectivity index (χ0v) is 15.7. The summed E-state index contributed by atoms with van der Waals surface area (Å²) >= 11 is 0. The van der Waals surface area contributed by atoms with Gasteiger partial charge >= 0.3 is 0 Å². The van der Waals surface area contributed by atoms with Gasteiger partial charge < -0.3 is 10.2 Å². The molecule has 0 spiro atoms. The van der Waals surface area contributed by atoms with Gasteiger partial charge in [-0.05, 0) is 24.0 Å². The summed E-state index contributed by atoms with van der Waals surface area (Å²) in [5.74, 6) is 3.28. The quantitative estimate of drug-likeness (QED) is 0.894. The standard InChI is InChI=1S/C21H28N4/c1-14(2)20-23-18(22-16-9-10-16)11-19(24-20)25-12-15-7-5-6-8-17(15)21(3,4)13-25/h5-8,11,14,16H,9-10,12-13H2,1-4H3,(H,22,23,24). The second-order valence-corrected chi connectivity index (χ2v) is 8.44. The summed E-state index contributed by atoms with van der Waals surface area (Å²) in [6.07, 6.45) is 2.50. The molecular weight excluding hydrogens is 308 g/mol. The van der Waals surface area contributed by atoms with E-state index in [0.29, 0.717) is 12.0 Å². The van der Waals surface area contributed by atoms with Crippen molar-refractivity contribution >= 4 is 11.6 Å². The van der Waals surface area contributed by atoms with Gasteiger partial charge in [0, 0.05) is 36.5 Å². The van der Waals surface area contributed by atoms with Gasteiger partial charge in [-0.15, -0.1) is 0 Å². The number of nitrogens with one attached hydrogen (secondary N) is 1. The zero-order chi connectivity index (χ0) is 17.6. The predicted octanol–water partition coefficient (Wildman–Crippen LogP) is 4.47. The summed E-state index contributed by atoms with van der Waals surface area (Å²) in [4.78, 5) is 12.0. The summed E-state index contributed by atoms with van der Waals surface area (Å²) < 4.78 is 0. The predicted molar refractivity (Wildman–Crippen MR) is 103 cm³/mol. The van der Waals surface area contributed by atoms with Crippen molar-refractivity contribution in [3.63, 3.8) is 0 Å². The first kappa shape index (κ1) is 16.4. The highest BCUT2D eigenvalue weighted by molar-refractivity contribution is 5.54. The molecule has 1 aliphatic heterocycles. The Morgan fingerprint density at radius 2 is 1.92 bits per heavy atom. The molecule has 1 fully saturated rings. The maximum atomic E-state index is 4.90. The van der Waals surface area contributed by atoms with E-state index in [9.17, 15) is 0 Å². The molecule has 1 saturated carbocycles. The lowest BCUT2D eigenvalue weighted by atomic mass is 9.78. The Balaban J connectivity index is 1.70. The van der Waals surface area contributed by atoms with Crippen molar-refractivity contribution in [1.82, 2.24) is 9.97 Å². The van der Waals surface area contributed by atoms with Gasteiger partial charge in [0.1, 0.15) is 17.5 Å². The van der Waals surface area contributed by atoms with E-state index in [4.69, 9.17) is 9.97 Å². The Labute approximate surface area is 150 Å². The molecule has 1 aliphatic carbocycles. The smallest absolute Gasteiger partial charge is 0.135 e. The number of fused-ring (bicyclic) bond motifs is 1. The molecule has 0 radical (unpaired) electrons. The van der Waals surface area contributed by atoms with Crippen LogP contribution in [0.15, 0.2) is 30.3 Å². The van der Waals surface area contributed by atoms with Gasteiger partial charge in [-0.1, -0.05) is 52.0 Å². The van der Waals surface area contributed by atoms with E-state index in [1.54, 1.807) is 0 Å². The van der Waals surface area contributed by atoms with E-state index in [1.807, 2.05) is 0 Å². The number of nitrogens with zero attached hydrogens (tertiary/aromatic N) is 3. The monoisotopic (exact) mass is 336 g/mol. The molecule has 2 heterocycles. The van der Waals surface area contributed by atoms with Crippen LogP contribution in [0.3, 0.4) is 0 Å². The Hall–Kier alpha value is -2.10. The fraction of sp³-hybridized carbons (Fsp3) is 0.524. The molecule has 25 heavy (non-hydrogen) atoms. The van der Waals surface area contributed by atoms with Crippen LogP contribution in [0.1, 0.15) is 63.4 Å². The van der Waals surface area contributed by atoms with Gasteiger partial charge in [-0.25, -0.2) is 9.97 Å². The van der Waals surface area contributed by atoms with E-state index in [1.165, 1.54) is 24.0 Å². The van der Waals surface area contributed by atoms with Crippen molar-refractivity contribution in [3.05, 3.63) is 47.3 Å². The summed E-state index contributed by atoms with van der Waals surface area (Å²) in [6.45, 7) is 10.9. The van der Waals surface area contributed by atoms with E-state index in [2.05, 4.69) is 68.2 Å². The fourth-order valence-corrected chi connectivity index (χ4v) is 3.69. The van der Waals surface area contributed by atoms with Gasteiger partial charge in [0.2, 0.25) is 0 Å². The first-order valence-corrected chi connectivity index (χ1v) is 9.41. The molecular formula is C21H28N4. The third kappa shape index (κ3) is 3.35. The van der Waals surface area contributed by atoms with Gasteiger partial charge in [0.15, 0.2) is 0 Å². The molecule has 4 rings (SSSR count). The first-order valence-electron chi connectivity index (χ1n) is 9.41. The average Bonchev–Trinajstić information content (AvgIpc) is 3.38. The molecule has 0 saturated heterocycles. The van der Waals surface area contributed by atoms with Crippen molar-refractivity contribution in [2.45, 2.75) is 64.5 Å². The van der Waals surface area contributed by atoms with Crippen LogP contribution in [-0.4, -0.2) is 22.6 Å². The van der Waals surface area contributed by atoms with Crippen molar-refractivity contribution in [2.24, 2.45) is 0 Å². The van der Waals surface area contributed by atoms with Crippen LogP contribution in [0.2, 0.25) is 0 Å². The van der Waals surface area contributed by atoms with Crippen LogP contribution in [-0.2, 0) is 12.0 Å². The van der Waals surface area contributed by atoms with Crippen LogP contribution in [0.4, 0.5) is 11.6 Å². The van der Waals surface area contributed by atoms with Crippen molar-refractivity contribution in [1.29, 1.82) is 0 Å². The number of hydrogen-bond donors (Lipinski definition) is 1. The van der Waals surface area contributed by atoms with Crippen LogP contribution in [0, 0.1) is 0 Å². The van der Waals surface area contributed by atoms with Crippen LogP contribution in [0.25, 0.3) is 0 Å². The largest absolute Gasteiger partial charge is 0.367 e. The Bertz CT molecular complexity index is 777. The average molecular weight is 336 g/mol. The molecule has 2 aliphatic rings. The molecule has 132 valence electrons. The minimum atomic E-state index is 0.113. The minimum Gasteiger partial charge on any atom is -0.367 e. The summed E-state index contributed by atoms with van der Waals surface area (Å²) in [6, 6.07) is 11.5. The van der Waals surface area contributed by atoms with Crippen molar-refractivity contribution in [2.75, 3.05) is 16.8 Å². The van der Waals surface area contributed by atoms with Gasteiger partial charge in [0.05, 0.1) is 0 Å². The number of hydrogen-bond acceptors (Lipinski definition) is 4. The maximum absolute atomic E-state index is 4.90. The third-order valence-corrected chi connectivity index (χ3v) is 5.19. The lowest BCUT2D eigenvalue weighted by Gasteiger charge is -2.40. The highest BCUT2D eigenvalue weighted by atomic mass is 15.2. The summed E-state index contributed by atoms with van der Waals surface area (Å²) in [7, 11) is 0. The molecule has 0 amide bonds. The Kier molecular flexibility index (Phi) is 3.94. The van der Waals surface area contributed by atoms with Crippen LogP contribution >= 0.6 is 0 Å². The van der Waals surface area contributed by atoms with Crippen LogP contribution < -0.4 is 10.2 Å². The molecule has 0 atom stereocenters. The van der Waals surface area contributed by atoms with Gasteiger partial charge in [-0.2, -0.15) is 0 Å². The molecule has 2 aromatic rings.